The zero-order chi connectivity index (χ0) is 16.4. The molecule has 0 aliphatic rings. The third-order valence-corrected chi connectivity index (χ3v) is 4.51. The number of aryl methyl sites for hydroxylation is 2. The maximum atomic E-state index is 2.34. The Balaban J connectivity index is 2.25. The Morgan fingerprint density at radius 2 is 0.818 bits per heavy atom. The van der Waals surface area contributed by atoms with Crippen molar-refractivity contribution in [3.63, 3.8) is 0 Å². The molecule has 0 radical (unpaired) electrons. The van der Waals surface area contributed by atoms with Gasteiger partial charge in [-0.25, -0.2) is 0 Å². The third-order valence-electron chi connectivity index (χ3n) is 4.51. The van der Waals surface area contributed by atoms with Crippen LogP contribution in [0.15, 0.2) is 60.7 Å². The molecule has 0 spiro atoms. The van der Waals surface area contributed by atoms with Crippen molar-refractivity contribution in [1.82, 2.24) is 0 Å². The first-order valence-electron chi connectivity index (χ1n) is 8.05. The zero-order valence-corrected chi connectivity index (χ0v) is 14.8. The second-order valence-electron chi connectivity index (χ2n) is 7.51. The van der Waals surface area contributed by atoms with E-state index in [9.17, 15) is 0 Å². The molecule has 0 heterocycles. The standard InChI is InChI=1S/C22H28/c1-17-7-11-19(12-8-17)21(3,4)15-16-22(5,6)20-13-9-18(2)10-14-20/h7-16H,1-6H3/b16-15+. The first-order chi connectivity index (χ1) is 10.2. The summed E-state index contributed by atoms with van der Waals surface area (Å²) < 4.78 is 0. The van der Waals surface area contributed by atoms with Crippen LogP contribution in [0.4, 0.5) is 0 Å². The average Bonchev–Trinajstić information content (AvgIpc) is 2.46. The number of rotatable bonds is 4. The fraction of sp³-hybridized carbons (Fsp3) is 0.364. The van der Waals surface area contributed by atoms with Gasteiger partial charge in [-0.2, -0.15) is 0 Å². The predicted octanol–water partition coefficient (Wildman–Crippen LogP) is 6.12. The van der Waals surface area contributed by atoms with Crippen molar-refractivity contribution in [2.24, 2.45) is 0 Å². The van der Waals surface area contributed by atoms with Gasteiger partial charge in [0.25, 0.3) is 0 Å². The summed E-state index contributed by atoms with van der Waals surface area (Å²) in [5, 5.41) is 0. The zero-order valence-electron chi connectivity index (χ0n) is 14.8. The van der Waals surface area contributed by atoms with Gasteiger partial charge in [0.2, 0.25) is 0 Å². The molecule has 2 aromatic rings. The van der Waals surface area contributed by atoms with Crippen LogP contribution in [0.2, 0.25) is 0 Å². The summed E-state index contributed by atoms with van der Waals surface area (Å²) in [6.45, 7) is 13.4. The van der Waals surface area contributed by atoms with Gasteiger partial charge in [-0.3, -0.25) is 0 Å². The van der Waals surface area contributed by atoms with E-state index in [4.69, 9.17) is 0 Å². The lowest BCUT2D eigenvalue weighted by Crippen LogP contribution is -2.18. The highest BCUT2D eigenvalue weighted by Crippen LogP contribution is 2.30. The van der Waals surface area contributed by atoms with Crippen molar-refractivity contribution in [2.75, 3.05) is 0 Å². The maximum Gasteiger partial charge on any atom is 0.00756 e. The highest BCUT2D eigenvalue weighted by Gasteiger charge is 2.21. The molecule has 2 rings (SSSR count). The Morgan fingerprint density at radius 3 is 1.09 bits per heavy atom. The molecule has 0 aliphatic carbocycles. The number of hydrogen-bond donors (Lipinski definition) is 0. The van der Waals surface area contributed by atoms with Crippen LogP contribution in [0.25, 0.3) is 0 Å². The topological polar surface area (TPSA) is 0 Å². The molecule has 0 atom stereocenters. The summed E-state index contributed by atoms with van der Waals surface area (Å²) in [6.07, 6.45) is 4.69. The predicted molar refractivity (Wildman–Crippen MR) is 97.6 cm³/mol. The molecule has 0 saturated heterocycles. The van der Waals surface area contributed by atoms with E-state index in [0.717, 1.165) is 0 Å². The maximum absolute atomic E-state index is 2.34. The van der Waals surface area contributed by atoms with Gasteiger partial charge in [0.1, 0.15) is 0 Å². The Morgan fingerprint density at radius 1 is 0.545 bits per heavy atom. The van der Waals surface area contributed by atoms with Crippen LogP contribution < -0.4 is 0 Å². The van der Waals surface area contributed by atoms with Crippen molar-refractivity contribution in [3.05, 3.63) is 82.9 Å². The molecule has 0 nitrogen and oxygen atoms in total. The molecule has 0 fully saturated rings. The summed E-state index contributed by atoms with van der Waals surface area (Å²) in [4.78, 5) is 0. The van der Waals surface area contributed by atoms with Gasteiger partial charge in [-0.1, -0.05) is 99.5 Å². The molecule has 0 bridgehead atoms. The van der Waals surface area contributed by atoms with Crippen LogP contribution in [-0.2, 0) is 10.8 Å². The quantitative estimate of drug-likeness (QED) is 0.596. The Labute approximate surface area is 135 Å². The smallest absolute Gasteiger partial charge is 0.00756 e. The lowest BCUT2D eigenvalue weighted by Gasteiger charge is -2.26. The molecule has 0 aromatic heterocycles. The van der Waals surface area contributed by atoms with E-state index < -0.39 is 0 Å². The Bertz CT molecular complexity index is 578. The fourth-order valence-corrected chi connectivity index (χ4v) is 2.58. The van der Waals surface area contributed by atoms with Crippen LogP contribution in [0.1, 0.15) is 49.9 Å². The van der Waals surface area contributed by atoms with Crippen molar-refractivity contribution in [3.8, 4) is 0 Å². The van der Waals surface area contributed by atoms with Gasteiger partial charge in [0.15, 0.2) is 0 Å². The molecule has 0 heteroatoms. The fourth-order valence-electron chi connectivity index (χ4n) is 2.58. The number of benzene rings is 2. The van der Waals surface area contributed by atoms with E-state index in [0.29, 0.717) is 0 Å². The molecule has 0 amide bonds. The highest BCUT2D eigenvalue weighted by molar-refractivity contribution is 5.35. The van der Waals surface area contributed by atoms with E-state index in [-0.39, 0.29) is 10.8 Å². The van der Waals surface area contributed by atoms with Crippen LogP contribution in [0, 0.1) is 13.8 Å². The number of allylic oxidation sites excluding steroid dienone is 2. The normalized spacial score (nSPS) is 12.8. The van der Waals surface area contributed by atoms with Crippen molar-refractivity contribution >= 4 is 0 Å². The second-order valence-corrected chi connectivity index (χ2v) is 7.51. The molecule has 0 unspecified atom stereocenters. The van der Waals surface area contributed by atoms with E-state index in [1.54, 1.807) is 0 Å². The molecular weight excluding hydrogens is 264 g/mol. The van der Waals surface area contributed by atoms with Gasteiger partial charge >= 0.3 is 0 Å². The van der Waals surface area contributed by atoms with Crippen LogP contribution in [0.5, 0.6) is 0 Å². The number of hydrogen-bond acceptors (Lipinski definition) is 0. The monoisotopic (exact) mass is 292 g/mol. The van der Waals surface area contributed by atoms with Gasteiger partial charge in [-0.15, -0.1) is 0 Å². The van der Waals surface area contributed by atoms with Crippen LogP contribution >= 0.6 is 0 Å². The molecular formula is C22H28. The largest absolute Gasteiger partial charge is 0.0776 e. The minimum Gasteiger partial charge on any atom is -0.0776 e. The highest BCUT2D eigenvalue weighted by atomic mass is 14.3. The lowest BCUT2D eigenvalue weighted by atomic mass is 9.78. The summed E-state index contributed by atoms with van der Waals surface area (Å²) >= 11 is 0. The van der Waals surface area contributed by atoms with Gasteiger partial charge in [0.05, 0.1) is 0 Å². The van der Waals surface area contributed by atoms with Crippen molar-refractivity contribution in [1.29, 1.82) is 0 Å². The third kappa shape index (κ3) is 3.88. The molecule has 0 saturated carbocycles. The molecule has 2 aromatic carbocycles. The first-order valence-corrected chi connectivity index (χ1v) is 8.05. The minimum atomic E-state index is 0.0374. The average molecular weight is 292 g/mol. The van der Waals surface area contributed by atoms with Gasteiger partial charge < -0.3 is 0 Å². The molecule has 22 heavy (non-hydrogen) atoms. The van der Waals surface area contributed by atoms with Crippen LogP contribution in [0.3, 0.4) is 0 Å². The summed E-state index contributed by atoms with van der Waals surface area (Å²) in [7, 11) is 0. The van der Waals surface area contributed by atoms with Crippen molar-refractivity contribution < 1.29 is 0 Å². The van der Waals surface area contributed by atoms with E-state index in [1.807, 2.05) is 0 Å². The van der Waals surface area contributed by atoms with Crippen molar-refractivity contribution in [2.45, 2.75) is 52.4 Å². The van der Waals surface area contributed by atoms with E-state index >= 15 is 0 Å². The summed E-state index contributed by atoms with van der Waals surface area (Å²) in [6, 6.07) is 17.7. The second kappa shape index (κ2) is 6.12. The Hall–Kier alpha value is -1.82. The summed E-state index contributed by atoms with van der Waals surface area (Å²) in [5.41, 5.74) is 5.40. The lowest BCUT2D eigenvalue weighted by molar-refractivity contribution is 0.626. The molecule has 0 N–H and O–H groups in total. The summed E-state index contributed by atoms with van der Waals surface area (Å²) in [5.74, 6) is 0. The molecule has 116 valence electrons. The van der Waals surface area contributed by atoms with Gasteiger partial charge in [0, 0.05) is 10.8 Å². The van der Waals surface area contributed by atoms with E-state index in [1.165, 1.54) is 22.3 Å². The molecule has 0 aliphatic heterocycles. The van der Waals surface area contributed by atoms with Gasteiger partial charge in [-0.05, 0) is 25.0 Å². The first kappa shape index (κ1) is 16.5. The SMILES string of the molecule is Cc1ccc(C(C)(C)/C=C/C(C)(C)c2ccc(C)cc2)cc1. The van der Waals surface area contributed by atoms with Crippen LogP contribution in [-0.4, -0.2) is 0 Å². The van der Waals surface area contributed by atoms with E-state index in [2.05, 4.69) is 102 Å². The minimum absolute atomic E-state index is 0.0374. The Kier molecular flexibility index (Phi) is 4.60.